The van der Waals surface area contributed by atoms with Crippen molar-refractivity contribution in [1.29, 1.82) is 0 Å². The average molecular weight is 254 g/mol. The van der Waals surface area contributed by atoms with Crippen LogP contribution in [0.15, 0.2) is 0 Å². The number of nitrogens with one attached hydrogen (secondary N) is 1. The van der Waals surface area contributed by atoms with E-state index in [9.17, 15) is 18.3 Å². The van der Waals surface area contributed by atoms with E-state index in [1.807, 2.05) is 6.92 Å². The van der Waals surface area contributed by atoms with Gasteiger partial charge in [-0.3, -0.25) is 4.90 Å². The minimum absolute atomic E-state index is 0.0765. The molecule has 0 aromatic rings. The molecule has 1 unspecified atom stereocenters. The third-order valence-electron chi connectivity index (χ3n) is 2.63. The van der Waals surface area contributed by atoms with Crippen LogP contribution in [0.1, 0.15) is 26.2 Å². The lowest BCUT2D eigenvalue weighted by Crippen LogP contribution is -2.43. The van der Waals surface area contributed by atoms with Gasteiger partial charge in [0.15, 0.2) is 0 Å². The van der Waals surface area contributed by atoms with Gasteiger partial charge in [0.2, 0.25) is 0 Å². The maximum Gasteiger partial charge on any atom is 0.401 e. The van der Waals surface area contributed by atoms with Gasteiger partial charge in [0.05, 0.1) is 12.6 Å². The zero-order valence-electron chi connectivity index (χ0n) is 10.1. The lowest BCUT2D eigenvalue weighted by Gasteiger charge is -2.25. The average Bonchev–Trinajstić information content (AvgIpc) is 2.95. The highest BCUT2D eigenvalue weighted by Crippen LogP contribution is 2.19. The summed E-state index contributed by atoms with van der Waals surface area (Å²) in [7, 11) is 0. The highest BCUT2D eigenvalue weighted by molar-refractivity contribution is 4.82. The molecule has 1 atom stereocenters. The molecule has 1 rings (SSSR count). The topological polar surface area (TPSA) is 35.5 Å². The van der Waals surface area contributed by atoms with Gasteiger partial charge in [-0.05, 0) is 25.8 Å². The normalized spacial score (nSPS) is 18.7. The van der Waals surface area contributed by atoms with Crippen LogP contribution in [-0.2, 0) is 0 Å². The fourth-order valence-corrected chi connectivity index (χ4v) is 1.76. The predicted octanol–water partition coefficient (Wildman–Crippen LogP) is 1.37. The Morgan fingerprint density at radius 1 is 1.41 bits per heavy atom. The van der Waals surface area contributed by atoms with Crippen molar-refractivity contribution < 1.29 is 18.3 Å². The summed E-state index contributed by atoms with van der Waals surface area (Å²) >= 11 is 0. The molecular formula is C11H21F3N2O. The van der Waals surface area contributed by atoms with Gasteiger partial charge in [-0.25, -0.2) is 0 Å². The van der Waals surface area contributed by atoms with E-state index in [2.05, 4.69) is 5.32 Å². The molecule has 17 heavy (non-hydrogen) atoms. The summed E-state index contributed by atoms with van der Waals surface area (Å²) in [6, 6.07) is 0.465. The Balaban J connectivity index is 2.25. The summed E-state index contributed by atoms with van der Waals surface area (Å²) in [6.07, 6.45) is -2.07. The van der Waals surface area contributed by atoms with Crippen LogP contribution in [0.25, 0.3) is 0 Å². The number of aliphatic hydroxyl groups excluding tert-OH is 1. The fourth-order valence-electron chi connectivity index (χ4n) is 1.76. The van der Waals surface area contributed by atoms with Crippen LogP contribution < -0.4 is 5.32 Å². The van der Waals surface area contributed by atoms with Crippen LogP contribution in [0.2, 0.25) is 0 Å². The van der Waals surface area contributed by atoms with Gasteiger partial charge in [0.1, 0.15) is 0 Å². The van der Waals surface area contributed by atoms with Crippen LogP contribution in [0.3, 0.4) is 0 Å². The third kappa shape index (κ3) is 7.57. The van der Waals surface area contributed by atoms with E-state index in [0.29, 0.717) is 25.6 Å². The lowest BCUT2D eigenvalue weighted by molar-refractivity contribution is -0.148. The Labute approximate surface area is 100.0 Å². The monoisotopic (exact) mass is 254 g/mol. The number of hydrogen-bond donors (Lipinski definition) is 2. The van der Waals surface area contributed by atoms with E-state index >= 15 is 0 Å². The van der Waals surface area contributed by atoms with Crippen LogP contribution >= 0.6 is 0 Å². The van der Waals surface area contributed by atoms with Gasteiger partial charge in [-0.2, -0.15) is 13.2 Å². The van der Waals surface area contributed by atoms with Crippen molar-refractivity contribution in [3.8, 4) is 0 Å². The standard InChI is InChI=1S/C11H21F3N2O/c1-2-5-16(8-11(12,13)14)7-10(17)6-15-9-3-4-9/h9-10,15,17H,2-8H2,1H3. The van der Waals surface area contributed by atoms with Crippen molar-refractivity contribution in [3.05, 3.63) is 0 Å². The summed E-state index contributed by atoms with van der Waals surface area (Å²) in [6.45, 7) is 1.70. The van der Waals surface area contributed by atoms with Crippen LogP contribution in [0.4, 0.5) is 13.2 Å². The minimum atomic E-state index is -4.20. The summed E-state index contributed by atoms with van der Waals surface area (Å²) in [5.41, 5.74) is 0. The maximum absolute atomic E-state index is 12.3. The number of aliphatic hydroxyl groups is 1. The van der Waals surface area contributed by atoms with E-state index in [-0.39, 0.29) is 6.54 Å². The molecule has 0 amide bonds. The second-order valence-electron chi connectivity index (χ2n) is 4.69. The van der Waals surface area contributed by atoms with Crippen molar-refractivity contribution in [2.24, 2.45) is 0 Å². The largest absolute Gasteiger partial charge is 0.401 e. The SMILES string of the molecule is CCCN(CC(O)CNC1CC1)CC(F)(F)F. The van der Waals surface area contributed by atoms with Crippen molar-refractivity contribution in [3.63, 3.8) is 0 Å². The molecule has 0 aromatic carbocycles. The third-order valence-corrected chi connectivity index (χ3v) is 2.63. The maximum atomic E-state index is 12.3. The van der Waals surface area contributed by atoms with Crippen molar-refractivity contribution >= 4 is 0 Å². The van der Waals surface area contributed by atoms with E-state index in [0.717, 1.165) is 12.8 Å². The summed E-state index contributed by atoms with van der Waals surface area (Å²) in [5.74, 6) is 0. The Morgan fingerprint density at radius 2 is 2.06 bits per heavy atom. The minimum Gasteiger partial charge on any atom is -0.390 e. The number of rotatable bonds is 8. The molecule has 6 heteroatoms. The highest BCUT2D eigenvalue weighted by atomic mass is 19.4. The molecule has 1 aliphatic carbocycles. The first-order chi connectivity index (χ1) is 7.90. The molecule has 0 heterocycles. The van der Waals surface area contributed by atoms with Gasteiger partial charge in [0.25, 0.3) is 0 Å². The quantitative estimate of drug-likeness (QED) is 0.687. The molecule has 3 nitrogen and oxygen atoms in total. The summed E-state index contributed by atoms with van der Waals surface area (Å²) in [4.78, 5) is 1.26. The van der Waals surface area contributed by atoms with Crippen LogP contribution in [0, 0.1) is 0 Å². The van der Waals surface area contributed by atoms with Crippen LogP contribution in [-0.4, -0.2) is 54.5 Å². The predicted molar refractivity (Wildman–Crippen MR) is 59.8 cm³/mol. The summed E-state index contributed by atoms with van der Waals surface area (Å²) in [5, 5.41) is 12.8. The van der Waals surface area contributed by atoms with Crippen LogP contribution in [0.5, 0.6) is 0 Å². The molecule has 1 saturated carbocycles. The Kier molecular flexibility index (Phi) is 5.69. The Hall–Kier alpha value is -0.330. The highest BCUT2D eigenvalue weighted by Gasteiger charge is 2.31. The van der Waals surface area contributed by atoms with E-state index < -0.39 is 18.8 Å². The second kappa shape index (κ2) is 6.56. The van der Waals surface area contributed by atoms with E-state index in [1.54, 1.807) is 0 Å². The Bertz CT molecular complexity index is 219. The smallest absolute Gasteiger partial charge is 0.390 e. The zero-order chi connectivity index (χ0) is 12.9. The second-order valence-corrected chi connectivity index (χ2v) is 4.69. The number of nitrogens with zero attached hydrogens (tertiary/aromatic N) is 1. The van der Waals surface area contributed by atoms with Crippen molar-refractivity contribution in [1.82, 2.24) is 10.2 Å². The molecule has 0 radical (unpaired) electrons. The van der Waals surface area contributed by atoms with E-state index in [4.69, 9.17) is 0 Å². The molecule has 0 aliphatic heterocycles. The van der Waals surface area contributed by atoms with Gasteiger partial charge in [-0.1, -0.05) is 6.92 Å². The zero-order valence-corrected chi connectivity index (χ0v) is 10.1. The first-order valence-electron chi connectivity index (χ1n) is 6.11. The fraction of sp³-hybridized carbons (Fsp3) is 1.00. The molecule has 0 bridgehead atoms. The van der Waals surface area contributed by atoms with Gasteiger partial charge in [-0.15, -0.1) is 0 Å². The first-order valence-corrected chi connectivity index (χ1v) is 6.11. The van der Waals surface area contributed by atoms with Crippen molar-refractivity contribution in [2.45, 2.75) is 44.5 Å². The first kappa shape index (κ1) is 14.7. The number of alkyl halides is 3. The molecule has 2 N–H and O–H groups in total. The molecule has 102 valence electrons. The van der Waals surface area contributed by atoms with E-state index in [1.165, 1.54) is 4.90 Å². The van der Waals surface area contributed by atoms with Gasteiger partial charge >= 0.3 is 6.18 Å². The molecule has 1 fully saturated rings. The molecule has 0 aromatic heterocycles. The van der Waals surface area contributed by atoms with Gasteiger partial charge in [0, 0.05) is 19.1 Å². The van der Waals surface area contributed by atoms with Crippen molar-refractivity contribution in [2.75, 3.05) is 26.2 Å². The van der Waals surface area contributed by atoms with Gasteiger partial charge < -0.3 is 10.4 Å². The number of hydrogen-bond acceptors (Lipinski definition) is 3. The molecule has 0 spiro atoms. The molecular weight excluding hydrogens is 233 g/mol. The lowest BCUT2D eigenvalue weighted by atomic mass is 10.3. The molecule has 0 saturated heterocycles. The number of halogens is 3. The Morgan fingerprint density at radius 3 is 2.53 bits per heavy atom. The summed E-state index contributed by atoms with van der Waals surface area (Å²) < 4.78 is 36.8. The molecule has 1 aliphatic rings.